The molecule has 0 spiro atoms. The minimum Gasteiger partial charge on any atom is -0.495 e. The molecule has 0 radical (unpaired) electrons. The summed E-state index contributed by atoms with van der Waals surface area (Å²) in [6, 6.07) is 8.30. The van der Waals surface area contributed by atoms with Gasteiger partial charge in [-0.15, -0.1) is 0 Å². The minimum absolute atomic E-state index is 0.202. The number of ether oxygens (including phenoxy) is 1. The molecule has 4 rings (SSSR count). The van der Waals surface area contributed by atoms with Gasteiger partial charge < -0.3 is 15.4 Å². The van der Waals surface area contributed by atoms with Gasteiger partial charge in [0.25, 0.3) is 0 Å². The van der Waals surface area contributed by atoms with Crippen LogP contribution in [-0.4, -0.2) is 24.1 Å². The molecule has 2 aromatic carbocycles. The fraction of sp³-hybridized carbons (Fsp3) is 0.227. The number of benzene rings is 2. The zero-order chi connectivity index (χ0) is 22.1. The summed E-state index contributed by atoms with van der Waals surface area (Å²) in [5.41, 5.74) is 1.99. The second-order valence-corrected chi connectivity index (χ2v) is 7.04. The Bertz CT molecular complexity index is 1190. The molecule has 1 heterocycles. The predicted octanol–water partition coefficient (Wildman–Crippen LogP) is 4.64. The van der Waals surface area contributed by atoms with Gasteiger partial charge in [-0.1, -0.05) is 0 Å². The number of nitriles is 1. The SMILES string of the molecule is CNc1nc(Nc2ccc(C#N)c(OC)c2)nc2c1CC[C@H]2c1c(F)cc(F)cc1F. The first-order valence-corrected chi connectivity index (χ1v) is 9.53. The third kappa shape index (κ3) is 3.72. The number of halogens is 3. The van der Waals surface area contributed by atoms with Crippen LogP contribution in [0.4, 0.5) is 30.6 Å². The third-order valence-corrected chi connectivity index (χ3v) is 5.26. The zero-order valence-corrected chi connectivity index (χ0v) is 16.8. The van der Waals surface area contributed by atoms with Crippen LogP contribution in [0.25, 0.3) is 0 Å². The number of methoxy groups -OCH3 is 1. The van der Waals surface area contributed by atoms with Crippen molar-refractivity contribution in [2.45, 2.75) is 18.8 Å². The van der Waals surface area contributed by atoms with E-state index in [4.69, 9.17) is 10.00 Å². The standard InChI is InChI=1S/C22H18F3N5O/c1-27-21-15-6-5-14(19-16(24)7-12(23)8-17(19)25)20(15)29-22(30-21)28-13-4-3-11(10-26)18(9-13)31-2/h3-4,7-9,14H,5-6H2,1-2H3,(H2,27,28,29,30)/t14-/m0/s1. The highest BCUT2D eigenvalue weighted by molar-refractivity contribution is 5.63. The maximum absolute atomic E-state index is 14.4. The number of hydrogen-bond donors (Lipinski definition) is 2. The van der Waals surface area contributed by atoms with Gasteiger partial charge in [-0.05, 0) is 25.0 Å². The smallest absolute Gasteiger partial charge is 0.229 e. The van der Waals surface area contributed by atoms with Gasteiger partial charge in [0.2, 0.25) is 5.95 Å². The Balaban J connectivity index is 1.76. The van der Waals surface area contributed by atoms with E-state index in [1.165, 1.54) is 7.11 Å². The maximum atomic E-state index is 14.4. The summed E-state index contributed by atoms with van der Waals surface area (Å²) >= 11 is 0. The van der Waals surface area contributed by atoms with Gasteiger partial charge in [0.15, 0.2) is 0 Å². The van der Waals surface area contributed by atoms with Gasteiger partial charge in [0, 0.05) is 48.0 Å². The van der Waals surface area contributed by atoms with E-state index in [2.05, 4.69) is 20.6 Å². The molecule has 0 bridgehead atoms. The molecule has 2 N–H and O–H groups in total. The lowest BCUT2D eigenvalue weighted by Crippen LogP contribution is -2.10. The number of anilines is 3. The van der Waals surface area contributed by atoms with Gasteiger partial charge in [-0.2, -0.15) is 10.2 Å². The quantitative estimate of drug-likeness (QED) is 0.620. The number of nitrogens with one attached hydrogen (secondary N) is 2. The lowest BCUT2D eigenvalue weighted by molar-refractivity contribution is 0.413. The molecule has 1 atom stereocenters. The highest BCUT2D eigenvalue weighted by atomic mass is 19.1. The molecule has 0 aliphatic heterocycles. The van der Waals surface area contributed by atoms with Crippen LogP contribution in [0.3, 0.4) is 0 Å². The average Bonchev–Trinajstić information content (AvgIpc) is 3.16. The molecule has 0 amide bonds. The molecule has 9 heteroatoms. The van der Waals surface area contributed by atoms with Crippen molar-refractivity contribution in [1.82, 2.24) is 9.97 Å². The third-order valence-electron chi connectivity index (χ3n) is 5.26. The van der Waals surface area contributed by atoms with Gasteiger partial charge in [0.1, 0.15) is 35.1 Å². The van der Waals surface area contributed by atoms with E-state index in [0.29, 0.717) is 53.5 Å². The molecule has 1 aliphatic rings. The van der Waals surface area contributed by atoms with E-state index in [1.54, 1.807) is 25.2 Å². The predicted molar refractivity (Wildman–Crippen MR) is 109 cm³/mol. The first-order chi connectivity index (χ1) is 14.9. The van der Waals surface area contributed by atoms with Crippen LogP contribution in [0.1, 0.15) is 34.7 Å². The molecule has 3 aromatic rings. The summed E-state index contributed by atoms with van der Waals surface area (Å²) in [6.07, 6.45) is 0.948. The maximum Gasteiger partial charge on any atom is 0.229 e. The van der Waals surface area contributed by atoms with Crippen molar-refractivity contribution in [3.8, 4) is 11.8 Å². The van der Waals surface area contributed by atoms with Crippen LogP contribution in [0.5, 0.6) is 5.75 Å². The Hall–Kier alpha value is -3.80. The van der Waals surface area contributed by atoms with Gasteiger partial charge in [-0.3, -0.25) is 0 Å². The van der Waals surface area contributed by atoms with Crippen molar-refractivity contribution in [2.75, 3.05) is 24.8 Å². The van der Waals surface area contributed by atoms with Crippen LogP contribution < -0.4 is 15.4 Å². The van der Waals surface area contributed by atoms with E-state index in [-0.39, 0.29) is 11.5 Å². The van der Waals surface area contributed by atoms with Gasteiger partial charge in [0.05, 0.1) is 18.4 Å². The van der Waals surface area contributed by atoms with Crippen molar-refractivity contribution in [3.63, 3.8) is 0 Å². The van der Waals surface area contributed by atoms with Crippen molar-refractivity contribution in [3.05, 3.63) is 70.2 Å². The van der Waals surface area contributed by atoms with Crippen molar-refractivity contribution < 1.29 is 17.9 Å². The molecule has 1 aliphatic carbocycles. The summed E-state index contributed by atoms with van der Waals surface area (Å²) in [4.78, 5) is 8.98. The number of nitrogens with zero attached hydrogens (tertiary/aromatic N) is 3. The molecule has 6 nitrogen and oxygen atoms in total. The van der Waals surface area contributed by atoms with Gasteiger partial charge >= 0.3 is 0 Å². The molecule has 31 heavy (non-hydrogen) atoms. The second kappa shape index (κ2) is 8.14. The minimum atomic E-state index is -0.965. The van der Waals surface area contributed by atoms with Crippen LogP contribution >= 0.6 is 0 Å². The van der Waals surface area contributed by atoms with Crippen molar-refractivity contribution >= 4 is 17.5 Å². The fourth-order valence-electron chi connectivity index (χ4n) is 3.88. The highest BCUT2D eigenvalue weighted by Gasteiger charge is 2.33. The lowest BCUT2D eigenvalue weighted by atomic mass is 9.95. The molecule has 0 fully saturated rings. The van der Waals surface area contributed by atoms with Crippen molar-refractivity contribution in [1.29, 1.82) is 5.26 Å². The number of rotatable bonds is 5. The molecular formula is C22H18F3N5O. The van der Waals surface area contributed by atoms with Crippen LogP contribution in [0, 0.1) is 28.8 Å². The number of fused-ring (bicyclic) bond motifs is 1. The van der Waals surface area contributed by atoms with E-state index in [1.807, 2.05) is 6.07 Å². The van der Waals surface area contributed by atoms with E-state index in [0.717, 1.165) is 5.56 Å². The molecule has 0 unspecified atom stereocenters. The van der Waals surface area contributed by atoms with Crippen LogP contribution in [0.15, 0.2) is 30.3 Å². The Labute approximate surface area is 176 Å². The Morgan fingerprint density at radius 1 is 1.13 bits per heavy atom. The topological polar surface area (TPSA) is 82.9 Å². The molecule has 0 saturated carbocycles. The monoisotopic (exact) mass is 425 g/mol. The summed E-state index contributed by atoms with van der Waals surface area (Å²) < 4.78 is 47.5. The summed E-state index contributed by atoms with van der Waals surface area (Å²) in [5.74, 6) is -2.37. The summed E-state index contributed by atoms with van der Waals surface area (Å²) in [7, 11) is 3.16. The van der Waals surface area contributed by atoms with E-state index >= 15 is 0 Å². The lowest BCUT2D eigenvalue weighted by Gasteiger charge is -2.16. The average molecular weight is 425 g/mol. The second-order valence-electron chi connectivity index (χ2n) is 7.04. The first-order valence-electron chi connectivity index (χ1n) is 9.53. The molecule has 1 aromatic heterocycles. The Kier molecular flexibility index (Phi) is 5.38. The summed E-state index contributed by atoms with van der Waals surface area (Å²) in [5, 5.41) is 15.2. The summed E-state index contributed by atoms with van der Waals surface area (Å²) in [6.45, 7) is 0. The fourth-order valence-corrected chi connectivity index (χ4v) is 3.88. The van der Waals surface area contributed by atoms with Crippen molar-refractivity contribution in [2.24, 2.45) is 0 Å². The van der Waals surface area contributed by atoms with Gasteiger partial charge in [-0.25, -0.2) is 18.2 Å². The largest absolute Gasteiger partial charge is 0.495 e. The molecular weight excluding hydrogens is 407 g/mol. The number of aromatic nitrogens is 2. The molecule has 0 saturated heterocycles. The highest BCUT2D eigenvalue weighted by Crippen LogP contribution is 2.42. The Morgan fingerprint density at radius 2 is 1.87 bits per heavy atom. The first kappa shape index (κ1) is 20.5. The Morgan fingerprint density at radius 3 is 2.52 bits per heavy atom. The van der Waals surface area contributed by atoms with E-state index < -0.39 is 23.4 Å². The zero-order valence-electron chi connectivity index (χ0n) is 16.8. The number of hydrogen-bond acceptors (Lipinski definition) is 6. The van der Waals surface area contributed by atoms with Crippen LogP contribution in [0.2, 0.25) is 0 Å². The van der Waals surface area contributed by atoms with E-state index in [9.17, 15) is 13.2 Å². The van der Waals surface area contributed by atoms with Crippen LogP contribution in [-0.2, 0) is 6.42 Å². The normalized spacial score (nSPS) is 14.6. The molecule has 158 valence electrons.